The van der Waals surface area contributed by atoms with Crippen molar-refractivity contribution in [2.45, 2.75) is 57.2 Å². The molecule has 18 heavy (non-hydrogen) atoms. The Labute approximate surface area is 113 Å². The summed E-state index contributed by atoms with van der Waals surface area (Å²) in [6.45, 7) is 3.77. The highest BCUT2D eigenvalue weighted by atomic mass is 32.1. The fourth-order valence-electron chi connectivity index (χ4n) is 4.03. The first-order valence-electron chi connectivity index (χ1n) is 7.48. The van der Waals surface area contributed by atoms with Crippen LogP contribution in [0.4, 0.5) is 0 Å². The zero-order valence-corrected chi connectivity index (χ0v) is 11.8. The van der Waals surface area contributed by atoms with Crippen molar-refractivity contribution >= 4 is 11.3 Å². The molecule has 3 heteroatoms. The van der Waals surface area contributed by atoms with Crippen LogP contribution in [0.2, 0.25) is 0 Å². The minimum atomic E-state index is 0.754. The maximum atomic E-state index is 3.83. The van der Waals surface area contributed by atoms with E-state index in [0.29, 0.717) is 0 Å². The highest BCUT2D eigenvalue weighted by Gasteiger charge is 2.36. The molecule has 1 aromatic heterocycles. The molecule has 1 aromatic rings. The lowest BCUT2D eigenvalue weighted by atomic mass is 10.1. The maximum absolute atomic E-state index is 3.83. The van der Waals surface area contributed by atoms with E-state index in [-0.39, 0.29) is 0 Å². The Hall–Kier alpha value is -0.380. The Kier molecular flexibility index (Phi) is 2.94. The second-order valence-electron chi connectivity index (χ2n) is 6.04. The highest BCUT2D eigenvalue weighted by Crippen LogP contribution is 2.32. The lowest BCUT2D eigenvalue weighted by Crippen LogP contribution is -2.38. The summed E-state index contributed by atoms with van der Waals surface area (Å²) in [5, 5.41) is 3.83. The Morgan fingerprint density at radius 3 is 3.17 bits per heavy atom. The summed E-state index contributed by atoms with van der Waals surface area (Å²) in [6.07, 6.45) is 8.23. The predicted octanol–water partition coefficient (Wildman–Crippen LogP) is 2.56. The Balaban J connectivity index is 1.38. The van der Waals surface area contributed by atoms with Crippen molar-refractivity contribution in [3.8, 4) is 0 Å². The predicted molar refractivity (Wildman–Crippen MR) is 76.2 cm³/mol. The fourth-order valence-corrected chi connectivity index (χ4v) is 5.24. The van der Waals surface area contributed by atoms with Crippen LogP contribution < -0.4 is 5.32 Å². The molecule has 0 saturated carbocycles. The van der Waals surface area contributed by atoms with Gasteiger partial charge in [0.1, 0.15) is 0 Å². The van der Waals surface area contributed by atoms with Crippen LogP contribution in [0, 0.1) is 0 Å². The lowest BCUT2D eigenvalue weighted by Gasteiger charge is -2.21. The van der Waals surface area contributed by atoms with Crippen molar-refractivity contribution in [2.24, 2.45) is 0 Å². The molecule has 0 amide bonds. The molecule has 0 aromatic carbocycles. The van der Waals surface area contributed by atoms with Crippen LogP contribution in [0.15, 0.2) is 6.07 Å². The van der Waals surface area contributed by atoms with Crippen LogP contribution in [-0.4, -0.2) is 30.1 Å². The summed E-state index contributed by atoms with van der Waals surface area (Å²) in [4.78, 5) is 5.92. The van der Waals surface area contributed by atoms with Gasteiger partial charge in [-0.05, 0) is 56.7 Å². The zero-order valence-electron chi connectivity index (χ0n) is 11.0. The molecule has 98 valence electrons. The smallest absolute Gasteiger partial charge is 0.0303 e. The normalized spacial score (nSPS) is 30.9. The standard InChI is InChI=1S/C15H22N2S/c1-3-11-9-12(18-15(11)5-1)10-16-13-6-8-17-7-2-4-14(13)17/h9,13-14,16H,1-8,10H2. The van der Waals surface area contributed by atoms with Gasteiger partial charge in [-0.1, -0.05) is 0 Å². The molecule has 3 aliphatic rings. The molecular weight excluding hydrogens is 240 g/mol. The molecule has 2 aliphatic heterocycles. The van der Waals surface area contributed by atoms with E-state index in [2.05, 4.69) is 27.6 Å². The number of fused-ring (bicyclic) bond motifs is 2. The molecule has 3 heterocycles. The summed E-state index contributed by atoms with van der Waals surface area (Å²) in [6, 6.07) is 4.06. The van der Waals surface area contributed by atoms with Crippen LogP contribution >= 0.6 is 11.3 Å². The van der Waals surface area contributed by atoms with E-state index in [1.54, 1.807) is 15.3 Å². The van der Waals surface area contributed by atoms with E-state index >= 15 is 0 Å². The molecule has 0 bridgehead atoms. The summed E-state index contributed by atoms with van der Waals surface area (Å²) in [7, 11) is 0. The topological polar surface area (TPSA) is 15.3 Å². The number of hydrogen-bond donors (Lipinski definition) is 1. The first-order valence-corrected chi connectivity index (χ1v) is 8.30. The van der Waals surface area contributed by atoms with Crippen molar-refractivity contribution in [1.82, 2.24) is 10.2 Å². The van der Waals surface area contributed by atoms with Gasteiger partial charge in [0.15, 0.2) is 0 Å². The number of nitrogens with one attached hydrogen (secondary N) is 1. The second-order valence-corrected chi connectivity index (χ2v) is 7.26. The summed E-state index contributed by atoms with van der Waals surface area (Å²) in [5.74, 6) is 0. The van der Waals surface area contributed by atoms with E-state index in [1.807, 2.05) is 0 Å². The van der Waals surface area contributed by atoms with Crippen molar-refractivity contribution in [2.75, 3.05) is 13.1 Å². The second kappa shape index (κ2) is 4.62. The molecule has 2 fully saturated rings. The van der Waals surface area contributed by atoms with Crippen LogP contribution in [0.1, 0.15) is 41.0 Å². The summed E-state index contributed by atoms with van der Waals surface area (Å²) < 4.78 is 0. The van der Waals surface area contributed by atoms with E-state index in [0.717, 1.165) is 18.6 Å². The minimum Gasteiger partial charge on any atom is -0.307 e. The highest BCUT2D eigenvalue weighted by molar-refractivity contribution is 7.12. The van der Waals surface area contributed by atoms with Gasteiger partial charge in [0.25, 0.3) is 0 Å². The third-order valence-electron chi connectivity index (χ3n) is 4.94. The number of nitrogens with zero attached hydrogens (tertiary/aromatic N) is 1. The molecule has 1 N–H and O–H groups in total. The van der Waals surface area contributed by atoms with Crippen molar-refractivity contribution in [3.63, 3.8) is 0 Å². The lowest BCUT2D eigenvalue weighted by molar-refractivity contribution is 0.299. The van der Waals surface area contributed by atoms with Gasteiger partial charge in [-0.2, -0.15) is 0 Å². The first-order chi connectivity index (χ1) is 8.90. The van der Waals surface area contributed by atoms with E-state index in [1.165, 1.54) is 51.6 Å². The third-order valence-corrected chi connectivity index (χ3v) is 6.18. The van der Waals surface area contributed by atoms with Crippen molar-refractivity contribution in [3.05, 3.63) is 21.4 Å². The molecule has 2 nitrogen and oxygen atoms in total. The Morgan fingerprint density at radius 1 is 1.22 bits per heavy atom. The summed E-state index contributed by atoms with van der Waals surface area (Å²) in [5.41, 5.74) is 1.64. The fraction of sp³-hybridized carbons (Fsp3) is 0.733. The Bertz CT molecular complexity index is 418. The monoisotopic (exact) mass is 262 g/mol. The van der Waals surface area contributed by atoms with Gasteiger partial charge in [0.05, 0.1) is 0 Å². The minimum absolute atomic E-state index is 0.754. The quantitative estimate of drug-likeness (QED) is 0.900. The maximum Gasteiger partial charge on any atom is 0.0303 e. The number of hydrogen-bond acceptors (Lipinski definition) is 3. The number of rotatable bonds is 3. The molecule has 4 rings (SSSR count). The molecule has 1 aliphatic carbocycles. The first kappa shape index (κ1) is 11.4. The Morgan fingerprint density at radius 2 is 2.22 bits per heavy atom. The van der Waals surface area contributed by atoms with E-state index in [4.69, 9.17) is 0 Å². The van der Waals surface area contributed by atoms with Crippen LogP contribution in [-0.2, 0) is 19.4 Å². The van der Waals surface area contributed by atoms with Crippen LogP contribution in [0.25, 0.3) is 0 Å². The molecular formula is C15H22N2S. The van der Waals surface area contributed by atoms with Crippen molar-refractivity contribution in [1.29, 1.82) is 0 Å². The van der Waals surface area contributed by atoms with Crippen molar-refractivity contribution < 1.29 is 0 Å². The van der Waals surface area contributed by atoms with Gasteiger partial charge in [0.2, 0.25) is 0 Å². The zero-order chi connectivity index (χ0) is 11.9. The van der Waals surface area contributed by atoms with E-state index in [9.17, 15) is 0 Å². The molecule has 0 spiro atoms. The molecule has 2 saturated heterocycles. The van der Waals surface area contributed by atoms with Gasteiger partial charge in [0, 0.05) is 34.9 Å². The van der Waals surface area contributed by atoms with Gasteiger partial charge in [-0.15, -0.1) is 11.3 Å². The van der Waals surface area contributed by atoms with Gasteiger partial charge in [-0.3, -0.25) is 4.90 Å². The van der Waals surface area contributed by atoms with Crippen LogP contribution in [0.3, 0.4) is 0 Å². The van der Waals surface area contributed by atoms with Gasteiger partial charge >= 0.3 is 0 Å². The SMILES string of the molecule is c1c(CNC2CCN3CCCC23)sc2c1CCC2. The third kappa shape index (κ3) is 1.93. The molecule has 2 atom stereocenters. The number of thiophene rings is 1. The molecule has 2 unspecified atom stereocenters. The largest absolute Gasteiger partial charge is 0.307 e. The number of aryl methyl sites for hydroxylation is 2. The van der Waals surface area contributed by atoms with Gasteiger partial charge < -0.3 is 5.32 Å². The van der Waals surface area contributed by atoms with Gasteiger partial charge in [-0.25, -0.2) is 0 Å². The average Bonchev–Trinajstić information content (AvgIpc) is 3.07. The van der Waals surface area contributed by atoms with E-state index < -0.39 is 0 Å². The molecule has 0 radical (unpaired) electrons. The summed E-state index contributed by atoms with van der Waals surface area (Å²) >= 11 is 2.05. The average molecular weight is 262 g/mol. The van der Waals surface area contributed by atoms with Crippen LogP contribution in [0.5, 0.6) is 0 Å².